The number of nitrogens with zero attached hydrogens (tertiary/aromatic N) is 2. The van der Waals surface area contributed by atoms with Crippen molar-refractivity contribution in [3.63, 3.8) is 0 Å². The van der Waals surface area contributed by atoms with Crippen LogP contribution in [0.25, 0.3) is 0 Å². The summed E-state index contributed by atoms with van der Waals surface area (Å²) in [6.07, 6.45) is 1.05. The van der Waals surface area contributed by atoms with Crippen LogP contribution in [0.2, 0.25) is 0 Å². The Kier molecular flexibility index (Phi) is 3.96. The van der Waals surface area contributed by atoms with E-state index in [0.29, 0.717) is 30.4 Å². The van der Waals surface area contributed by atoms with E-state index in [1.807, 2.05) is 0 Å². The molecule has 1 unspecified atom stereocenters. The van der Waals surface area contributed by atoms with E-state index in [9.17, 15) is 8.42 Å². The molecule has 0 saturated heterocycles. The molecule has 0 amide bonds. The van der Waals surface area contributed by atoms with E-state index < -0.39 is 10.0 Å². The van der Waals surface area contributed by atoms with Crippen LogP contribution in [-0.2, 0) is 16.6 Å². The van der Waals surface area contributed by atoms with Crippen LogP contribution in [0.5, 0.6) is 0 Å². The summed E-state index contributed by atoms with van der Waals surface area (Å²) in [5, 5.41) is 13.1. The summed E-state index contributed by atoms with van der Waals surface area (Å²) >= 11 is 0. The molecule has 1 fully saturated rings. The van der Waals surface area contributed by atoms with E-state index in [1.165, 1.54) is 4.68 Å². The van der Waals surface area contributed by atoms with Crippen LogP contribution in [0.1, 0.15) is 31.7 Å². The van der Waals surface area contributed by atoms with Crippen molar-refractivity contribution in [1.29, 1.82) is 0 Å². The maximum absolute atomic E-state index is 12.4. The molecule has 0 radical (unpaired) electrons. The lowest BCUT2D eigenvalue weighted by Gasteiger charge is -2.08. The number of hydrogen-bond acceptors (Lipinski definition) is 4. The molecule has 2 N–H and O–H groups in total. The molecule has 7 heteroatoms. The van der Waals surface area contributed by atoms with Gasteiger partial charge in [-0.3, -0.25) is 4.68 Å². The van der Waals surface area contributed by atoms with Crippen molar-refractivity contribution in [3.8, 4) is 0 Å². The van der Waals surface area contributed by atoms with Gasteiger partial charge >= 0.3 is 0 Å². The molecule has 114 valence electrons. The third-order valence-corrected chi connectivity index (χ3v) is 5.81. The molecule has 1 aliphatic rings. The van der Waals surface area contributed by atoms with Crippen LogP contribution in [0.15, 0.2) is 4.90 Å². The molecule has 1 saturated carbocycles. The normalized spacial score (nSPS) is 21.1. The fraction of sp³-hybridized carbons (Fsp3) is 0.769. The molecular weight excluding hydrogens is 278 g/mol. The molecule has 1 aromatic heterocycles. The first-order valence-corrected chi connectivity index (χ1v) is 8.32. The van der Waals surface area contributed by atoms with Crippen LogP contribution >= 0.6 is 0 Å². The average Bonchev–Trinajstić information content (AvgIpc) is 2.83. The monoisotopic (exact) mass is 301 g/mol. The highest BCUT2D eigenvalue weighted by molar-refractivity contribution is 7.89. The van der Waals surface area contributed by atoms with E-state index in [0.717, 1.165) is 6.42 Å². The highest BCUT2D eigenvalue weighted by Gasteiger charge is 2.45. The lowest BCUT2D eigenvalue weighted by Crippen LogP contribution is -2.27. The Morgan fingerprint density at radius 1 is 1.45 bits per heavy atom. The minimum Gasteiger partial charge on any atom is -0.394 e. The Balaban J connectivity index is 2.17. The number of aryl methyl sites for hydroxylation is 1. The summed E-state index contributed by atoms with van der Waals surface area (Å²) in [6.45, 7) is 8.38. The van der Waals surface area contributed by atoms with Gasteiger partial charge in [-0.15, -0.1) is 0 Å². The van der Waals surface area contributed by atoms with Gasteiger partial charge in [0, 0.05) is 6.54 Å². The van der Waals surface area contributed by atoms with Crippen molar-refractivity contribution in [2.45, 2.75) is 45.6 Å². The Bertz CT molecular complexity index is 605. The largest absolute Gasteiger partial charge is 0.394 e. The second-order valence-corrected chi connectivity index (χ2v) is 7.89. The van der Waals surface area contributed by atoms with Crippen LogP contribution in [0.3, 0.4) is 0 Å². The van der Waals surface area contributed by atoms with Crippen LogP contribution < -0.4 is 4.72 Å². The summed E-state index contributed by atoms with van der Waals surface area (Å²) in [5.74, 6) is 0.408. The molecule has 1 heterocycles. The fourth-order valence-electron chi connectivity index (χ4n) is 2.59. The number of hydrogen-bond donors (Lipinski definition) is 2. The van der Waals surface area contributed by atoms with Crippen molar-refractivity contribution in [2.75, 3.05) is 13.2 Å². The number of sulfonamides is 1. The minimum atomic E-state index is -3.54. The maximum atomic E-state index is 12.4. The predicted octanol–water partition coefficient (Wildman–Crippen LogP) is 0.817. The van der Waals surface area contributed by atoms with E-state index in [4.69, 9.17) is 5.11 Å². The molecule has 1 atom stereocenters. The molecule has 6 nitrogen and oxygen atoms in total. The van der Waals surface area contributed by atoms with Gasteiger partial charge in [0.05, 0.1) is 24.5 Å². The van der Waals surface area contributed by atoms with Gasteiger partial charge in [0.1, 0.15) is 4.90 Å². The topological polar surface area (TPSA) is 84.2 Å². The quantitative estimate of drug-likeness (QED) is 0.814. The van der Waals surface area contributed by atoms with E-state index in [-0.39, 0.29) is 16.9 Å². The highest BCUT2D eigenvalue weighted by Crippen LogP contribution is 2.51. The van der Waals surface area contributed by atoms with Gasteiger partial charge in [-0.25, -0.2) is 13.1 Å². The number of rotatable bonds is 6. The number of aliphatic hydroxyl groups is 1. The van der Waals surface area contributed by atoms with Gasteiger partial charge in [0.25, 0.3) is 0 Å². The Hall–Kier alpha value is -0.920. The molecule has 2 rings (SSSR count). The molecule has 1 aliphatic carbocycles. The molecule has 0 aromatic carbocycles. The first-order chi connectivity index (χ1) is 9.19. The zero-order valence-corrected chi connectivity index (χ0v) is 13.3. The van der Waals surface area contributed by atoms with Crippen molar-refractivity contribution < 1.29 is 13.5 Å². The van der Waals surface area contributed by atoms with Gasteiger partial charge in [0.2, 0.25) is 10.0 Å². The summed E-state index contributed by atoms with van der Waals surface area (Å²) in [5.41, 5.74) is 1.28. The maximum Gasteiger partial charge on any atom is 0.244 e. The van der Waals surface area contributed by atoms with Crippen molar-refractivity contribution >= 4 is 10.0 Å². The SMILES string of the molecule is Cc1nn(CCO)c(C)c1S(=O)(=O)NCC1CC1(C)C. The van der Waals surface area contributed by atoms with Crippen molar-refractivity contribution in [1.82, 2.24) is 14.5 Å². The Morgan fingerprint density at radius 3 is 2.55 bits per heavy atom. The second kappa shape index (κ2) is 5.13. The first-order valence-electron chi connectivity index (χ1n) is 6.83. The third kappa shape index (κ3) is 2.89. The first kappa shape index (κ1) is 15.5. The molecule has 1 aromatic rings. The summed E-state index contributed by atoms with van der Waals surface area (Å²) in [7, 11) is -3.54. The van der Waals surface area contributed by atoms with Crippen LogP contribution in [0, 0.1) is 25.2 Å². The smallest absolute Gasteiger partial charge is 0.244 e. The number of aliphatic hydroxyl groups excluding tert-OH is 1. The Labute approximate surface area is 120 Å². The molecule has 0 bridgehead atoms. The zero-order valence-electron chi connectivity index (χ0n) is 12.5. The van der Waals surface area contributed by atoms with Crippen molar-refractivity contribution in [2.24, 2.45) is 11.3 Å². The highest BCUT2D eigenvalue weighted by atomic mass is 32.2. The second-order valence-electron chi connectivity index (χ2n) is 6.19. The minimum absolute atomic E-state index is 0.0643. The lowest BCUT2D eigenvalue weighted by atomic mass is 10.1. The van der Waals surface area contributed by atoms with E-state index in [2.05, 4.69) is 23.7 Å². The zero-order chi connectivity index (χ0) is 15.1. The van der Waals surface area contributed by atoms with Crippen LogP contribution in [-0.4, -0.2) is 36.5 Å². The molecular formula is C13H23N3O3S. The molecule has 20 heavy (non-hydrogen) atoms. The van der Waals surface area contributed by atoms with Gasteiger partial charge in [-0.2, -0.15) is 5.10 Å². The summed E-state index contributed by atoms with van der Waals surface area (Å²) < 4.78 is 29.0. The Morgan fingerprint density at radius 2 is 2.05 bits per heavy atom. The van der Waals surface area contributed by atoms with Gasteiger partial charge in [-0.1, -0.05) is 13.8 Å². The van der Waals surface area contributed by atoms with Gasteiger partial charge in [0.15, 0.2) is 0 Å². The molecule has 0 aliphatic heterocycles. The summed E-state index contributed by atoms with van der Waals surface area (Å²) in [4.78, 5) is 0.240. The van der Waals surface area contributed by atoms with Gasteiger partial charge < -0.3 is 5.11 Å². The standard InChI is InChI=1S/C13H23N3O3S/c1-9-12(10(2)16(15-9)5-6-17)20(18,19)14-8-11-7-13(11,3)4/h11,14,17H,5-8H2,1-4H3. The van der Waals surface area contributed by atoms with E-state index >= 15 is 0 Å². The van der Waals surface area contributed by atoms with E-state index in [1.54, 1.807) is 13.8 Å². The van der Waals surface area contributed by atoms with Crippen molar-refractivity contribution in [3.05, 3.63) is 11.4 Å². The van der Waals surface area contributed by atoms with Gasteiger partial charge in [-0.05, 0) is 31.6 Å². The summed E-state index contributed by atoms with van der Waals surface area (Å²) in [6, 6.07) is 0. The number of aromatic nitrogens is 2. The lowest BCUT2D eigenvalue weighted by molar-refractivity contribution is 0.267. The van der Waals surface area contributed by atoms with Crippen LogP contribution in [0.4, 0.5) is 0 Å². The predicted molar refractivity (Wildman–Crippen MR) is 75.9 cm³/mol. The third-order valence-electron chi connectivity index (χ3n) is 4.13. The average molecular weight is 301 g/mol. The molecule has 0 spiro atoms. The number of nitrogens with one attached hydrogen (secondary N) is 1. The fourth-order valence-corrected chi connectivity index (χ4v) is 4.08.